The second-order valence-corrected chi connectivity index (χ2v) is 6.78. The maximum Gasteiger partial charge on any atom is 0.246 e. The van der Waals surface area contributed by atoms with Gasteiger partial charge in [0.1, 0.15) is 16.4 Å². The molecule has 1 fully saturated rings. The zero-order valence-corrected chi connectivity index (χ0v) is 12.4. The van der Waals surface area contributed by atoms with E-state index in [9.17, 15) is 8.42 Å². The largest absolute Gasteiger partial charge is 0.464 e. The Morgan fingerprint density at radius 3 is 2.63 bits per heavy atom. The average Bonchev–Trinajstić information content (AvgIpc) is 2.79. The number of nitrogens with zero attached hydrogens (tertiary/aromatic N) is 1. The summed E-state index contributed by atoms with van der Waals surface area (Å²) in [4.78, 5) is 0.322. The number of piperidine rings is 1. The maximum absolute atomic E-state index is 12.5. The summed E-state index contributed by atoms with van der Waals surface area (Å²) in [6, 6.07) is 1.65. The van der Waals surface area contributed by atoms with Crippen molar-refractivity contribution in [3.63, 3.8) is 0 Å². The summed E-state index contributed by atoms with van der Waals surface area (Å²) in [6.45, 7) is 6.35. The number of furan rings is 1. The lowest BCUT2D eigenvalue weighted by atomic mass is 10.2. The molecule has 108 valence electrons. The van der Waals surface area contributed by atoms with Crippen molar-refractivity contribution in [3.05, 3.63) is 17.6 Å². The third-order valence-electron chi connectivity index (χ3n) is 3.41. The molecule has 5 nitrogen and oxygen atoms in total. The molecule has 6 heteroatoms. The van der Waals surface area contributed by atoms with E-state index in [0.717, 1.165) is 25.8 Å². The molecule has 1 N–H and O–H groups in total. The van der Waals surface area contributed by atoms with Crippen molar-refractivity contribution < 1.29 is 12.8 Å². The summed E-state index contributed by atoms with van der Waals surface area (Å²) in [6.07, 6.45) is 3.00. The Balaban J connectivity index is 2.21. The Hall–Kier alpha value is -0.850. The molecule has 1 aliphatic rings. The zero-order valence-electron chi connectivity index (χ0n) is 11.6. The van der Waals surface area contributed by atoms with Gasteiger partial charge in [-0.1, -0.05) is 13.3 Å². The van der Waals surface area contributed by atoms with Crippen molar-refractivity contribution in [1.29, 1.82) is 0 Å². The minimum absolute atomic E-state index is 0.322. The highest BCUT2D eigenvalue weighted by Crippen LogP contribution is 2.25. The van der Waals surface area contributed by atoms with E-state index in [2.05, 4.69) is 5.32 Å². The van der Waals surface area contributed by atoms with Crippen LogP contribution in [0.3, 0.4) is 0 Å². The molecule has 1 aromatic rings. The minimum Gasteiger partial charge on any atom is -0.464 e. The third kappa shape index (κ3) is 3.19. The summed E-state index contributed by atoms with van der Waals surface area (Å²) in [5.74, 6) is 1.16. The normalized spacial score (nSPS) is 17.8. The van der Waals surface area contributed by atoms with E-state index >= 15 is 0 Å². The Morgan fingerprint density at radius 1 is 1.32 bits per heavy atom. The van der Waals surface area contributed by atoms with E-state index in [1.54, 1.807) is 17.3 Å². The van der Waals surface area contributed by atoms with Crippen LogP contribution in [0.1, 0.15) is 37.7 Å². The number of rotatable bonds is 5. The molecule has 0 aromatic carbocycles. The summed E-state index contributed by atoms with van der Waals surface area (Å²) >= 11 is 0. The third-order valence-corrected chi connectivity index (χ3v) is 5.41. The fraction of sp³-hybridized carbons (Fsp3) is 0.692. The Kier molecular flexibility index (Phi) is 4.65. The van der Waals surface area contributed by atoms with Crippen molar-refractivity contribution in [2.45, 2.75) is 44.6 Å². The molecule has 0 unspecified atom stereocenters. The standard InChI is InChI=1S/C13H22N2O3S/c1-3-14-10-12-9-13(11(2)18-12)19(16,17)15-7-5-4-6-8-15/h9,14H,3-8,10H2,1-2H3. The van der Waals surface area contributed by atoms with Gasteiger partial charge in [-0.2, -0.15) is 4.31 Å². The molecule has 2 rings (SSSR count). The van der Waals surface area contributed by atoms with Crippen molar-refractivity contribution in [3.8, 4) is 0 Å². The predicted octanol–water partition coefficient (Wildman–Crippen LogP) is 1.87. The van der Waals surface area contributed by atoms with Crippen LogP contribution in [0, 0.1) is 6.92 Å². The first kappa shape index (κ1) is 14.6. The fourth-order valence-corrected chi connectivity index (χ4v) is 4.06. The molecule has 0 bridgehead atoms. The van der Waals surface area contributed by atoms with Gasteiger partial charge in [0.2, 0.25) is 10.0 Å². The Labute approximate surface area is 115 Å². The lowest BCUT2D eigenvalue weighted by Crippen LogP contribution is -2.35. The van der Waals surface area contributed by atoms with Crippen LogP contribution in [0.4, 0.5) is 0 Å². The lowest BCUT2D eigenvalue weighted by molar-refractivity contribution is 0.346. The monoisotopic (exact) mass is 286 g/mol. The Bertz CT molecular complexity index is 516. The number of nitrogens with one attached hydrogen (secondary N) is 1. The molecule has 2 heterocycles. The van der Waals surface area contributed by atoms with E-state index in [0.29, 0.717) is 36.1 Å². The highest BCUT2D eigenvalue weighted by molar-refractivity contribution is 7.89. The zero-order chi connectivity index (χ0) is 13.9. The first-order valence-corrected chi connectivity index (χ1v) is 8.30. The van der Waals surface area contributed by atoms with E-state index in [1.807, 2.05) is 6.92 Å². The molecule has 0 spiro atoms. The number of sulfonamides is 1. The van der Waals surface area contributed by atoms with Gasteiger partial charge >= 0.3 is 0 Å². The van der Waals surface area contributed by atoms with Crippen LogP contribution >= 0.6 is 0 Å². The lowest BCUT2D eigenvalue weighted by Gasteiger charge is -2.25. The van der Waals surface area contributed by atoms with Crippen LogP contribution in [0.2, 0.25) is 0 Å². The highest BCUT2D eigenvalue weighted by Gasteiger charge is 2.29. The van der Waals surface area contributed by atoms with Crippen LogP contribution in [0.15, 0.2) is 15.4 Å². The second kappa shape index (κ2) is 6.07. The first-order valence-electron chi connectivity index (χ1n) is 6.86. The number of hydrogen-bond acceptors (Lipinski definition) is 4. The van der Waals surface area contributed by atoms with E-state index in [4.69, 9.17) is 4.42 Å². The first-order chi connectivity index (χ1) is 9.05. The number of aryl methyl sites for hydroxylation is 1. The molecular formula is C13H22N2O3S. The minimum atomic E-state index is -3.39. The van der Waals surface area contributed by atoms with E-state index < -0.39 is 10.0 Å². The topological polar surface area (TPSA) is 62.6 Å². The van der Waals surface area contributed by atoms with Crippen LogP contribution < -0.4 is 5.32 Å². The molecule has 1 aromatic heterocycles. The van der Waals surface area contributed by atoms with Gasteiger partial charge < -0.3 is 9.73 Å². The van der Waals surface area contributed by atoms with Crippen molar-refractivity contribution in [2.75, 3.05) is 19.6 Å². The smallest absolute Gasteiger partial charge is 0.246 e. The van der Waals surface area contributed by atoms with Crippen LogP contribution in [0.5, 0.6) is 0 Å². The van der Waals surface area contributed by atoms with Gasteiger partial charge in [-0.05, 0) is 26.3 Å². The predicted molar refractivity (Wildman–Crippen MR) is 73.4 cm³/mol. The van der Waals surface area contributed by atoms with Crippen LogP contribution in [-0.2, 0) is 16.6 Å². The fourth-order valence-electron chi connectivity index (χ4n) is 2.36. The molecule has 19 heavy (non-hydrogen) atoms. The van der Waals surface area contributed by atoms with Crippen molar-refractivity contribution >= 4 is 10.0 Å². The molecule has 1 saturated heterocycles. The molecule has 1 aliphatic heterocycles. The maximum atomic E-state index is 12.5. The van der Waals surface area contributed by atoms with Gasteiger partial charge in [-0.3, -0.25) is 0 Å². The van der Waals surface area contributed by atoms with Gasteiger partial charge in [-0.15, -0.1) is 0 Å². The molecule has 0 atom stereocenters. The van der Waals surface area contributed by atoms with Gasteiger partial charge in [-0.25, -0.2) is 8.42 Å². The van der Waals surface area contributed by atoms with Gasteiger partial charge in [0.15, 0.2) is 0 Å². The van der Waals surface area contributed by atoms with Crippen molar-refractivity contribution in [1.82, 2.24) is 9.62 Å². The Morgan fingerprint density at radius 2 is 2.00 bits per heavy atom. The van der Waals surface area contributed by atoms with Gasteiger partial charge in [0.05, 0.1) is 6.54 Å². The molecule has 0 amide bonds. The van der Waals surface area contributed by atoms with Crippen LogP contribution in [0.25, 0.3) is 0 Å². The summed E-state index contributed by atoms with van der Waals surface area (Å²) in [7, 11) is -3.39. The van der Waals surface area contributed by atoms with Gasteiger partial charge in [0, 0.05) is 19.2 Å². The highest BCUT2D eigenvalue weighted by atomic mass is 32.2. The second-order valence-electron chi connectivity index (χ2n) is 4.88. The summed E-state index contributed by atoms with van der Waals surface area (Å²) in [5, 5.41) is 3.13. The SMILES string of the molecule is CCNCc1cc(S(=O)(=O)N2CCCCC2)c(C)o1. The van der Waals surface area contributed by atoms with Crippen molar-refractivity contribution in [2.24, 2.45) is 0 Å². The number of hydrogen-bond donors (Lipinski definition) is 1. The molecule has 0 saturated carbocycles. The quantitative estimate of drug-likeness (QED) is 0.897. The van der Waals surface area contributed by atoms with Gasteiger partial charge in [0.25, 0.3) is 0 Å². The molecular weight excluding hydrogens is 264 g/mol. The van der Waals surface area contributed by atoms with Crippen LogP contribution in [-0.4, -0.2) is 32.4 Å². The van der Waals surface area contributed by atoms with E-state index in [-0.39, 0.29) is 0 Å². The summed E-state index contributed by atoms with van der Waals surface area (Å²) < 4.78 is 32.2. The molecule has 0 radical (unpaired) electrons. The average molecular weight is 286 g/mol. The molecule has 0 aliphatic carbocycles. The summed E-state index contributed by atoms with van der Waals surface area (Å²) in [5.41, 5.74) is 0. The van der Waals surface area contributed by atoms with E-state index in [1.165, 1.54) is 0 Å².